The Morgan fingerprint density at radius 1 is 1.25 bits per heavy atom. The number of rotatable bonds is 2. The number of phenolic OH excluding ortho intramolecular Hbond substituents is 1. The molecule has 3 rings (SSSR count). The van der Waals surface area contributed by atoms with Crippen molar-refractivity contribution >= 4 is 5.97 Å². The van der Waals surface area contributed by atoms with Crippen molar-refractivity contribution in [2.24, 2.45) is 0 Å². The Morgan fingerprint density at radius 3 is 2.70 bits per heavy atom. The maximum atomic E-state index is 10.8. The van der Waals surface area contributed by atoms with E-state index >= 15 is 0 Å². The van der Waals surface area contributed by atoms with Gasteiger partial charge in [0, 0.05) is 12.5 Å². The summed E-state index contributed by atoms with van der Waals surface area (Å²) in [5.74, 6) is 1.17. The topological polar surface area (TPSA) is 55.8 Å². The van der Waals surface area contributed by atoms with Gasteiger partial charge in [0.25, 0.3) is 0 Å². The van der Waals surface area contributed by atoms with Crippen molar-refractivity contribution in [1.82, 2.24) is 0 Å². The molecule has 0 fully saturated rings. The van der Waals surface area contributed by atoms with E-state index in [9.17, 15) is 4.79 Å². The molecule has 0 saturated heterocycles. The van der Waals surface area contributed by atoms with Gasteiger partial charge in [-0.2, -0.15) is 0 Å². The Morgan fingerprint density at radius 2 is 2.05 bits per heavy atom. The quantitative estimate of drug-likeness (QED) is 0.673. The second-order valence-electron chi connectivity index (χ2n) is 4.26. The minimum Gasteiger partial charge on any atom is -0.508 e. The summed E-state index contributed by atoms with van der Waals surface area (Å²) in [5, 5.41) is 9.01. The lowest BCUT2D eigenvalue weighted by Crippen LogP contribution is -2.04. The van der Waals surface area contributed by atoms with E-state index in [1.807, 2.05) is 12.1 Å². The Labute approximate surface area is 117 Å². The van der Waals surface area contributed by atoms with Crippen molar-refractivity contribution in [3.63, 3.8) is 0 Å². The van der Waals surface area contributed by atoms with Crippen LogP contribution in [0.25, 0.3) is 0 Å². The summed E-state index contributed by atoms with van der Waals surface area (Å²) < 4.78 is 10.0. The third kappa shape index (κ3) is 4.02. The lowest BCUT2D eigenvalue weighted by atomic mass is 10.2. The molecule has 1 aliphatic rings. The number of carbonyl (C=O) groups is 1. The van der Waals surface area contributed by atoms with Crippen LogP contribution in [0.1, 0.15) is 18.9 Å². The summed E-state index contributed by atoms with van der Waals surface area (Å²) in [6.45, 7) is 2.48. The number of hydrogen-bond acceptors (Lipinski definition) is 4. The monoisotopic (exact) mass is 272 g/mol. The maximum absolute atomic E-state index is 10.8. The standard InChI is InChI=1S/C9H10O3.C7H6O/c1-2-9(11)12-8-5-3-4-7(10)6-8;1-2-6-4-7(3-1)8-5-6/h3-6,10H,2H2,1H3;1-4H,5H2. The lowest BCUT2D eigenvalue weighted by Gasteiger charge is -2.01. The highest BCUT2D eigenvalue weighted by molar-refractivity contribution is 5.72. The zero-order chi connectivity index (χ0) is 14.4. The van der Waals surface area contributed by atoms with Crippen LogP contribution in [-0.2, 0) is 11.4 Å². The van der Waals surface area contributed by atoms with Gasteiger partial charge in [0.1, 0.15) is 23.9 Å². The van der Waals surface area contributed by atoms with Crippen LogP contribution < -0.4 is 9.47 Å². The molecule has 4 heteroatoms. The number of benzene rings is 2. The zero-order valence-corrected chi connectivity index (χ0v) is 11.2. The zero-order valence-electron chi connectivity index (χ0n) is 11.2. The Bertz CT molecular complexity index is 573. The highest BCUT2D eigenvalue weighted by atomic mass is 16.5. The van der Waals surface area contributed by atoms with E-state index in [0.717, 1.165) is 12.4 Å². The minimum absolute atomic E-state index is 0.0939. The molecule has 104 valence electrons. The molecule has 1 heterocycles. The smallest absolute Gasteiger partial charge is 0.310 e. The minimum atomic E-state index is -0.305. The largest absolute Gasteiger partial charge is 0.508 e. The first-order valence-electron chi connectivity index (χ1n) is 6.39. The van der Waals surface area contributed by atoms with Gasteiger partial charge in [0.2, 0.25) is 0 Å². The molecule has 0 atom stereocenters. The van der Waals surface area contributed by atoms with Gasteiger partial charge in [-0.15, -0.1) is 0 Å². The number of ether oxygens (including phenoxy) is 2. The average Bonchev–Trinajstić information content (AvgIpc) is 2.78. The summed E-state index contributed by atoms with van der Waals surface area (Å²) >= 11 is 0. The van der Waals surface area contributed by atoms with E-state index in [-0.39, 0.29) is 11.7 Å². The predicted molar refractivity (Wildman–Crippen MR) is 74.8 cm³/mol. The molecule has 4 nitrogen and oxygen atoms in total. The van der Waals surface area contributed by atoms with Crippen molar-refractivity contribution < 1.29 is 19.4 Å². The SMILES string of the molecule is CCC(=O)Oc1cccc(O)c1.c1cc2cc(c1)OC2. The van der Waals surface area contributed by atoms with Gasteiger partial charge in [0.15, 0.2) is 0 Å². The molecule has 0 amide bonds. The van der Waals surface area contributed by atoms with E-state index in [1.165, 1.54) is 17.7 Å². The van der Waals surface area contributed by atoms with Crippen LogP contribution in [0.3, 0.4) is 0 Å². The van der Waals surface area contributed by atoms with Crippen LogP contribution in [0.2, 0.25) is 0 Å². The number of hydrogen-bond donors (Lipinski definition) is 1. The second-order valence-corrected chi connectivity index (χ2v) is 4.26. The Balaban J connectivity index is 0.000000157. The van der Waals surface area contributed by atoms with Crippen LogP contribution in [0.4, 0.5) is 0 Å². The fraction of sp³-hybridized carbons (Fsp3) is 0.188. The first kappa shape index (κ1) is 13.9. The van der Waals surface area contributed by atoms with Gasteiger partial charge in [-0.25, -0.2) is 0 Å². The number of phenols is 1. The molecule has 0 aromatic heterocycles. The van der Waals surface area contributed by atoms with Gasteiger partial charge >= 0.3 is 5.97 Å². The highest BCUT2D eigenvalue weighted by Crippen LogP contribution is 2.20. The summed E-state index contributed by atoms with van der Waals surface area (Å²) in [7, 11) is 0. The molecular formula is C16H16O4. The molecule has 0 unspecified atom stereocenters. The molecule has 2 bridgehead atoms. The third-order valence-corrected chi connectivity index (χ3v) is 2.64. The van der Waals surface area contributed by atoms with Crippen LogP contribution in [0.15, 0.2) is 48.5 Å². The average molecular weight is 272 g/mol. The molecule has 1 N–H and O–H groups in total. The van der Waals surface area contributed by atoms with E-state index in [1.54, 1.807) is 19.1 Å². The molecular weight excluding hydrogens is 256 g/mol. The number of esters is 1. The number of fused-ring (bicyclic) bond motifs is 2. The normalized spacial score (nSPS) is 11.1. The van der Waals surface area contributed by atoms with E-state index in [4.69, 9.17) is 14.6 Å². The molecule has 0 radical (unpaired) electrons. The molecule has 0 saturated carbocycles. The Hall–Kier alpha value is -2.49. The molecule has 2 aromatic carbocycles. The molecule has 1 aliphatic heterocycles. The first-order chi connectivity index (χ1) is 9.67. The number of carbonyl (C=O) groups excluding carboxylic acids is 1. The van der Waals surface area contributed by atoms with Gasteiger partial charge < -0.3 is 14.6 Å². The van der Waals surface area contributed by atoms with Crippen molar-refractivity contribution in [3.05, 3.63) is 54.1 Å². The van der Waals surface area contributed by atoms with Crippen molar-refractivity contribution in [2.45, 2.75) is 20.0 Å². The maximum Gasteiger partial charge on any atom is 0.310 e. The highest BCUT2D eigenvalue weighted by Gasteiger charge is 2.03. The summed E-state index contributed by atoms with van der Waals surface area (Å²) in [6, 6.07) is 14.3. The lowest BCUT2D eigenvalue weighted by molar-refractivity contribution is -0.134. The van der Waals surface area contributed by atoms with Crippen molar-refractivity contribution in [3.8, 4) is 17.2 Å². The fourth-order valence-electron chi connectivity index (χ4n) is 1.64. The van der Waals surface area contributed by atoms with E-state index in [0.29, 0.717) is 12.2 Å². The van der Waals surface area contributed by atoms with Crippen LogP contribution in [0, 0.1) is 0 Å². The first-order valence-corrected chi connectivity index (χ1v) is 6.39. The summed E-state index contributed by atoms with van der Waals surface area (Å²) in [5.41, 5.74) is 1.28. The third-order valence-electron chi connectivity index (χ3n) is 2.64. The molecule has 0 spiro atoms. The van der Waals surface area contributed by atoms with Crippen molar-refractivity contribution in [2.75, 3.05) is 0 Å². The fourth-order valence-corrected chi connectivity index (χ4v) is 1.64. The molecule has 20 heavy (non-hydrogen) atoms. The van der Waals surface area contributed by atoms with Gasteiger partial charge in [0.05, 0.1) is 0 Å². The predicted octanol–water partition coefficient (Wildman–Crippen LogP) is 3.29. The molecule has 0 aliphatic carbocycles. The molecule has 2 aromatic rings. The number of aromatic hydroxyl groups is 1. The second kappa shape index (κ2) is 6.61. The van der Waals surface area contributed by atoms with E-state index < -0.39 is 0 Å². The summed E-state index contributed by atoms with van der Waals surface area (Å²) in [4.78, 5) is 10.8. The van der Waals surface area contributed by atoms with Crippen LogP contribution in [0.5, 0.6) is 17.2 Å². The van der Waals surface area contributed by atoms with Gasteiger partial charge in [-0.1, -0.05) is 25.1 Å². The summed E-state index contributed by atoms with van der Waals surface area (Å²) in [6.07, 6.45) is 0.329. The van der Waals surface area contributed by atoms with Crippen LogP contribution in [-0.4, -0.2) is 11.1 Å². The van der Waals surface area contributed by atoms with Gasteiger partial charge in [-0.05, 0) is 29.8 Å². The van der Waals surface area contributed by atoms with E-state index in [2.05, 4.69) is 12.1 Å². The van der Waals surface area contributed by atoms with Gasteiger partial charge in [-0.3, -0.25) is 4.79 Å². The van der Waals surface area contributed by atoms with Crippen LogP contribution >= 0.6 is 0 Å². The van der Waals surface area contributed by atoms with Crippen molar-refractivity contribution in [1.29, 1.82) is 0 Å². The Kier molecular flexibility index (Phi) is 4.60.